The fourth-order valence-corrected chi connectivity index (χ4v) is 8.17. The first-order valence-electron chi connectivity index (χ1n) is 20.6. The molecule has 0 unspecified atom stereocenters. The van der Waals surface area contributed by atoms with Crippen LogP contribution in [0, 0.1) is 0 Å². The van der Waals surface area contributed by atoms with Crippen LogP contribution < -0.4 is 28.4 Å². The minimum Gasteiger partial charge on any atom is -0.493 e. The molecule has 1 aliphatic carbocycles. The zero-order valence-corrected chi connectivity index (χ0v) is 35.6. The maximum atomic E-state index is 13.5. The first-order valence-corrected chi connectivity index (χ1v) is 20.6. The van der Waals surface area contributed by atoms with Gasteiger partial charge in [-0.2, -0.15) is 0 Å². The lowest BCUT2D eigenvalue weighted by Crippen LogP contribution is -2.31. The van der Waals surface area contributed by atoms with Crippen molar-refractivity contribution in [2.75, 3.05) is 26.4 Å². The molecule has 61 heavy (non-hydrogen) atoms. The van der Waals surface area contributed by atoms with Crippen molar-refractivity contribution in [1.82, 2.24) is 0 Å². The molecule has 6 aromatic carbocycles. The smallest absolute Gasteiger partial charge is 0.338 e. The Morgan fingerprint density at radius 2 is 0.803 bits per heavy atom. The van der Waals surface area contributed by atoms with Crippen LogP contribution in [0.2, 0.25) is 0 Å². The van der Waals surface area contributed by atoms with E-state index in [1.807, 2.05) is 125 Å². The highest BCUT2D eigenvalue weighted by Crippen LogP contribution is 2.64. The van der Waals surface area contributed by atoms with Crippen molar-refractivity contribution in [3.63, 3.8) is 0 Å². The number of hydrogen-bond donors (Lipinski definition) is 0. The van der Waals surface area contributed by atoms with Crippen molar-refractivity contribution in [1.29, 1.82) is 0 Å². The zero-order valence-electron chi connectivity index (χ0n) is 35.6. The summed E-state index contributed by atoms with van der Waals surface area (Å²) in [5.41, 5.74) is 6.98. The minimum absolute atomic E-state index is 0.204. The molecular weight excluding hydrogens is 765 g/mol. The van der Waals surface area contributed by atoms with E-state index >= 15 is 0 Å². The largest absolute Gasteiger partial charge is 0.493 e. The summed E-state index contributed by atoms with van der Waals surface area (Å²) in [5, 5.41) is 0. The van der Waals surface area contributed by atoms with Crippen molar-refractivity contribution in [2.45, 2.75) is 47.0 Å². The molecule has 0 aliphatic heterocycles. The number of benzene rings is 6. The highest BCUT2D eigenvalue weighted by Gasteiger charge is 2.52. The van der Waals surface area contributed by atoms with Gasteiger partial charge in [-0.25, -0.2) is 9.59 Å². The number of carbonyl (C=O) groups excluding carboxylic acids is 2. The van der Waals surface area contributed by atoms with Gasteiger partial charge >= 0.3 is 11.9 Å². The Hall–Kier alpha value is -7.06. The Bertz CT molecular complexity index is 2440. The van der Waals surface area contributed by atoms with E-state index in [9.17, 15) is 9.59 Å². The highest BCUT2D eigenvalue weighted by molar-refractivity contribution is 5.97. The van der Waals surface area contributed by atoms with E-state index in [2.05, 4.69) is 37.4 Å². The summed E-state index contributed by atoms with van der Waals surface area (Å²) in [6, 6.07) is 39.8. The molecule has 0 saturated carbocycles. The van der Waals surface area contributed by atoms with Crippen LogP contribution in [0.15, 0.2) is 146 Å². The van der Waals surface area contributed by atoms with Crippen LogP contribution in [-0.2, 0) is 15.0 Å². The molecule has 0 aromatic heterocycles. The Labute approximate surface area is 358 Å². The summed E-state index contributed by atoms with van der Waals surface area (Å²) in [5.74, 6) is 0.784. The van der Waals surface area contributed by atoms with E-state index in [0.29, 0.717) is 45.3 Å². The molecule has 6 aromatic rings. The molecular formula is C53H50O8. The second-order valence-electron chi connectivity index (χ2n) is 14.6. The van der Waals surface area contributed by atoms with Gasteiger partial charge in [0, 0.05) is 22.3 Å². The molecule has 7 rings (SSSR count). The van der Waals surface area contributed by atoms with Crippen LogP contribution in [0.3, 0.4) is 0 Å². The number of carbonyl (C=O) groups is 2. The third-order valence-electron chi connectivity index (χ3n) is 10.5. The average molecular weight is 815 g/mol. The van der Waals surface area contributed by atoms with Crippen LogP contribution in [-0.4, -0.2) is 38.4 Å². The highest BCUT2D eigenvalue weighted by atomic mass is 16.6. The lowest BCUT2D eigenvalue weighted by Gasteiger charge is -2.38. The summed E-state index contributed by atoms with van der Waals surface area (Å²) in [6.07, 6.45) is 0. The Morgan fingerprint density at radius 1 is 0.459 bits per heavy atom. The van der Waals surface area contributed by atoms with E-state index in [4.69, 9.17) is 28.4 Å². The van der Waals surface area contributed by atoms with Crippen molar-refractivity contribution in [2.24, 2.45) is 0 Å². The van der Waals surface area contributed by atoms with Crippen LogP contribution in [0.1, 0.15) is 63.8 Å². The molecule has 310 valence electrons. The molecule has 0 fully saturated rings. The second-order valence-corrected chi connectivity index (χ2v) is 14.6. The lowest BCUT2D eigenvalue weighted by molar-refractivity contribution is -0.131. The monoisotopic (exact) mass is 814 g/mol. The maximum Gasteiger partial charge on any atom is 0.338 e. The lowest BCUT2D eigenvalue weighted by atomic mass is 9.65. The predicted octanol–water partition coefficient (Wildman–Crippen LogP) is 11.9. The molecule has 8 heteroatoms. The van der Waals surface area contributed by atoms with E-state index in [1.165, 1.54) is 0 Å². The SMILES string of the molecule is C=C(C)C(=O)Oc1c(OCC)cc(C2(c3cc(OCC)c(OC(=O)C(=C)C)c(-c4ccccc4)c3OCC)c3ccccc3-c3ccccc32)c(OCC)c1-c1ccccc1. The van der Waals surface area contributed by atoms with Gasteiger partial charge in [-0.1, -0.05) is 122 Å². The van der Waals surface area contributed by atoms with Crippen molar-refractivity contribution >= 4 is 11.9 Å². The van der Waals surface area contributed by atoms with E-state index < -0.39 is 17.4 Å². The van der Waals surface area contributed by atoms with E-state index in [1.54, 1.807) is 13.8 Å². The summed E-state index contributed by atoms with van der Waals surface area (Å²) in [4.78, 5) is 27.0. The van der Waals surface area contributed by atoms with Crippen molar-refractivity contribution < 1.29 is 38.0 Å². The molecule has 0 heterocycles. The minimum atomic E-state index is -1.24. The Kier molecular flexibility index (Phi) is 12.5. The first-order chi connectivity index (χ1) is 29.6. The fraction of sp³-hybridized carbons (Fsp3) is 0.208. The van der Waals surface area contributed by atoms with Gasteiger partial charge in [-0.05, 0) is 87.1 Å². The van der Waals surface area contributed by atoms with Gasteiger partial charge in [0.1, 0.15) is 11.5 Å². The van der Waals surface area contributed by atoms with Crippen LogP contribution in [0.4, 0.5) is 0 Å². The number of ether oxygens (including phenoxy) is 6. The van der Waals surface area contributed by atoms with E-state index in [0.717, 1.165) is 33.4 Å². The molecule has 1 aliphatic rings. The molecule has 0 saturated heterocycles. The third-order valence-corrected chi connectivity index (χ3v) is 10.5. The van der Waals surface area contributed by atoms with Gasteiger partial charge < -0.3 is 28.4 Å². The van der Waals surface area contributed by atoms with Gasteiger partial charge in [-0.15, -0.1) is 0 Å². The average Bonchev–Trinajstić information content (AvgIpc) is 3.56. The van der Waals surface area contributed by atoms with Crippen molar-refractivity contribution in [3.05, 3.63) is 168 Å². The van der Waals surface area contributed by atoms with Crippen LogP contribution in [0.5, 0.6) is 34.5 Å². The summed E-state index contributed by atoms with van der Waals surface area (Å²) in [6.45, 7) is 19.7. The quantitative estimate of drug-likeness (QED) is 0.0541. The van der Waals surface area contributed by atoms with Gasteiger partial charge in [-0.3, -0.25) is 0 Å². The van der Waals surface area contributed by atoms with Crippen LogP contribution >= 0.6 is 0 Å². The second kappa shape index (κ2) is 18.1. The molecule has 0 atom stereocenters. The molecule has 0 N–H and O–H groups in total. The van der Waals surface area contributed by atoms with Crippen molar-refractivity contribution in [3.8, 4) is 67.9 Å². The van der Waals surface area contributed by atoms with Gasteiger partial charge in [0.05, 0.1) is 43.0 Å². The number of fused-ring (bicyclic) bond motifs is 3. The molecule has 0 bridgehead atoms. The zero-order chi connectivity index (χ0) is 43.3. The van der Waals surface area contributed by atoms with E-state index in [-0.39, 0.29) is 49.1 Å². The predicted molar refractivity (Wildman–Crippen MR) is 240 cm³/mol. The topological polar surface area (TPSA) is 89.5 Å². The summed E-state index contributed by atoms with van der Waals surface area (Å²) >= 11 is 0. The van der Waals surface area contributed by atoms with Gasteiger partial charge in [0.15, 0.2) is 23.0 Å². The van der Waals surface area contributed by atoms with Gasteiger partial charge in [0.25, 0.3) is 0 Å². The molecule has 0 radical (unpaired) electrons. The number of rotatable bonds is 16. The first kappa shape index (κ1) is 42.1. The summed E-state index contributed by atoms with van der Waals surface area (Å²) < 4.78 is 39.3. The van der Waals surface area contributed by atoms with Gasteiger partial charge in [0.2, 0.25) is 0 Å². The number of esters is 2. The molecule has 8 nitrogen and oxygen atoms in total. The summed E-state index contributed by atoms with van der Waals surface area (Å²) in [7, 11) is 0. The number of hydrogen-bond acceptors (Lipinski definition) is 8. The normalized spacial score (nSPS) is 12.1. The Balaban J connectivity index is 1.78. The molecule has 0 spiro atoms. The fourth-order valence-electron chi connectivity index (χ4n) is 8.17. The molecule has 0 amide bonds. The maximum absolute atomic E-state index is 13.5. The standard InChI is InChI=1S/C53H50O8/c1-9-56-43-31-41(47(58-11-3)45(35-23-15-13-16-24-35)49(43)60-51(54)33(5)6)53(39-29-21-19-27-37(39)38-28-20-22-30-40(38)53)42-32-44(57-10-2)50(61-52(55)34(7)8)46(48(42)59-12-4)36-25-17-14-18-26-36/h13-32H,5,7,9-12H2,1-4,6,8H3. The van der Waals surface area contributed by atoms with Crippen LogP contribution in [0.25, 0.3) is 33.4 Å². The third kappa shape index (κ3) is 7.54. The Morgan fingerprint density at radius 3 is 1.15 bits per heavy atom.